The molecule has 0 spiro atoms. The molecule has 0 bridgehead atoms. The van der Waals surface area contributed by atoms with E-state index in [0.717, 1.165) is 63.3 Å². The molecule has 105 heavy (non-hydrogen) atoms. The van der Waals surface area contributed by atoms with Crippen LogP contribution in [0.5, 0.6) is 34.5 Å². The van der Waals surface area contributed by atoms with E-state index in [9.17, 15) is 19.2 Å². The zero-order valence-corrected chi connectivity index (χ0v) is 60.9. The third-order valence-electron chi connectivity index (χ3n) is 17.5. The number of ketones is 1. The van der Waals surface area contributed by atoms with Crippen molar-refractivity contribution in [1.29, 1.82) is 0 Å². The highest BCUT2D eigenvalue weighted by molar-refractivity contribution is 7.99. The minimum absolute atomic E-state index is 0.0803. The highest BCUT2D eigenvalue weighted by Crippen LogP contribution is 2.35. The fourth-order valence-electron chi connectivity index (χ4n) is 11.5. The van der Waals surface area contributed by atoms with E-state index in [4.69, 9.17) is 28.4 Å². The van der Waals surface area contributed by atoms with Crippen molar-refractivity contribution < 1.29 is 47.6 Å². The number of rotatable bonds is 34. The van der Waals surface area contributed by atoms with E-state index >= 15 is 0 Å². The number of nitrogens with zero attached hydrogens (tertiary/aromatic N) is 6. The molecule has 3 aromatic heterocycles. The second kappa shape index (κ2) is 40.9. The van der Waals surface area contributed by atoms with E-state index in [1.165, 1.54) is 24.6 Å². The fraction of sp³-hybridized carbons (Fsp3) is 0.239. The molecule has 17 heteroatoms. The molecule has 0 unspecified atom stereocenters. The summed E-state index contributed by atoms with van der Waals surface area (Å²) in [7, 11) is 4.88. The van der Waals surface area contributed by atoms with Crippen molar-refractivity contribution in [3.05, 3.63) is 341 Å². The van der Waals surface area contributed by atoms with Crippen LogP contribution in [0, 0.1) is 5.92 Å². The van der Waals surface area contributed by atoms with Gasteiger partial charge in [-0.1, -0.05) is 170 Å². The largest absolute Gasteiger partial charge is 0.493 e. The summed E-state index contributed by atoms with van der Waals surface area (Å²) in [6.45, 7) is 4.54. The Kier molecular flexibility index (Phi) is 29.7. The quantitative estimate of drug-likeness (QED) is 0.0349. The molecule has 1 saturated carbocycles. The monoisotopic (exact) mass is 1420 g/mol. The van der Waals surface area contributed by atoms with Gasteiger partial charge in [-0.25, -0.2) is 0 Å². The van der Waals surface area contributed by atoms with Crippen LogP contribution in [0.3, 0.4) is 0 Å². The molecule has 12 rings (SSSR count). The summed E-state index contributed by atoms with van der Waals surface area (Å²) in [6.07, 6.45) is 12.3. The zero-order chi connectivity index (χ0) is 73.2. The number of benzene rings is 8. The second-order valence-corrected chi connectivity index (χ2v) is 26.1. The number of aromatic nitrogens is 3. The summed E-state index contributed by atoms with van der Waals surface area (Å²) >= 11 is 1.53. The van der Waals surface area contributed by atoms with Crippen molar-refractivity contribution in [2.45, 2.75) is 78.0 Å². The van der Waals surface area contributed by atoms with Gasteiger partial charge in [0, 0.05) is 117 Å². The first-order chi connectivity index (χ1) is 51.5. The predicted molar refractivity (Wildman–Crippen MR) is 413 cm³/mol. The first kappa shape index (κ1) is 76.1. The molecule has 1 aliphatic rings. The Morgan fingerprint density at radius 2 is 0.714 bits per heavy atom. The van der Waals surface area contributed by atoms with Gasteiger partial charge in [0.2, 0.25) is 11.8 Å². The Hall–Kier alpha value is -11.6. The summed E-state index contributed by atoms with van der Waals surface area (Å²) in [5.41, 5.74) is 10.7. The summed E-state index contributed by atoms with van der Waals surface area (Å²) < 4.78 is 34.7. The van der Waals surface area contributed by atoms with E-state index in [1.807, 2.05) is 234 Å². The number of hydrogen-bond acceptors (Lipinski definition) is 14. The van der Waals surface area contributed by atoms with Gasteiger partial charge >= 0.3 is 0 Å². The van der Waals surface area contributed by atoms with Crippen LogP contribution in [0.1, 0.15) is 96.0 Å². The van der Waals surface area contributed by atoms with Crippen LogP contribution in [0.4, 0.5) is 0 Å². The number of carbonyl (C=O) groups is 4. The molecule has 3 heterocycles. The highest BCUT2D eigenvalue weighted by Gasteiger charge is 2.28. The van der Waals surface area contributed by atoms with E-state index in [1.54, 1.807) is 81.2 Å². The molecule has 1 fully saturated rings. The van der Waals surface area contributed by atoms with Crippen molar-refractivity contribution in [3.8, 4) is 34.5 Å². The van der Waals surface area contributed by atoms with Crippen LogP contribution < -0.4 is 28.4 Å². The minimum atomic E-state index is -0.131. The number of amides is 3. The van der Waals surface area contributed by atoms with E-state index in [-0.39, 0.29) is 23.5 Å². The maximum atomic E-state index is 13.8. The Morgan fingerprint density at radius 1 is 0.371 bits per heavy atom. The maximum absolute atomic E-state index is 13.8. The lowest BCUT2D eigenvalue weighted by molar-refractivity contribution is -0.132. The average Bonchev–Trinajstić information content (AvgIpc) is 1.84. The first-order valence-corrected chi connectivity index (χ1v) is 36.6. The minimum Gasteiger partial charge on any atom is -0.493 e. The van der Waals surface area contributed by atoms with Gasteiger partial charge in [-0.3, -0.25) is 34.1 Å². The Bertz CT molecular complexity index is 4450. The maximum Gasteiger partial charge on any atom is 0.254 e. The molecule has 1 aliphatic carbocycles. The van der Waals surface area contributed by atoms with Crippen molar-refractivity contribution in [3.63, 3.8) is 0 Å². The van der Waals surface area contributed by atoms with Gasteiger partial charge in [-0.15, -0.1) is 0 Å². The molecule has 538 valence electrons. The fourth-order valence-corrected chi connectivity index (χ4v) is 11.9. The van der Waals surface area contributed by atoms with Gasteiger partial charge in [0.25, 0.3) is 5.91 Å². The summed E-state index contributed by atoms with van der Waals surface area (Å²) in [5.74, 6) is 5.10. The van der Waals surface area contributed by atoms with Crippen molar-refractivity contribution in [2.75, 3.05) is 53.0 Å². The number of ether oxygens (including phenoxy) is 6. The number of methoxy groups -OCH3 is 3. The van der Waals surface area contributed by atoms with E-state index < -0.39 is 0 Å². The Balaban J connectivity index is 0.000000172. The molecule has 0 atom stereocenters. The smallest absolute Gasteiger partial charge is 0.254 e. The van der Waals surface area contributed by atoms with Crippen LogP contribution in [-0.4, -0.2) is 106 Å². The number of thioether (sulfide) groups is 1. The van der Waals surface area contributed by atoms with Crippen LogP contribution >= 0.6 is 11.8 Å². The lowest BCUT2D eigenvalue weighted by atomic mass is 10.0. The molecule has 0 aliphatic heterocycles. The summed E-state index contributed by atoms with van der Waals surface area (Å²) in [4.78, 5) is 71.1. The van der Waals surface area contributed by atoms with Crippen LogP contribution in [0.15, 0.2) is 273 Å². The molecule has 0 N–H and O–H groups in total. The van der Waals surface area contributed by atoms with Crippen LogP contribution in [0.25, 0.3) is 0 Å². The third-order valence-corrected chi connectivity index (χ3v) is 18.0. The van der Waals surface area contributed by atoms with Crippen LogP contribution in [0.2, 0.25) is 0 Å². The van der Waals surface area contributed by atoms with Gasteiger partial charge in [-0.2, -0.15) is 11.8 Å². The molecule has 8 aromatic carbocycles. The number of hydrogen-bond donors (Lipinski definition) is 0. The van der Waals surface area contributed by atoms with E-state index in [0.29, 0.717) is 135 Å². The number of carbonyl (C=O) groups excluding carboxylic acids is 4. The topological polar surface area (TPSA) is 172 Å². The standard InChI is InChI=1S/C36H32N2O4.C27H30N2O3.C25H28N2O3S/c1-41-34-24-28(15-20-33(34)42-26-27-10-4-2-5-11-27)25-38(23-21-32-14-8-9-22-37-32)36(40)31-18-16-30(17-19-31)35(39)29-12-6-3-7-13-29;1-31-26-17-23(12-13-25(26)32-20-22-7-3-2-4-8-22)19-29(27(30)18-21-10-11-21)16-14-24-9-5-6-15-28-24;1-29-24-16-21(11-12-23(24)30-18-20-8-4-3-5-9-20)17-27(25(28)19-31-2)15-13-22-10-6-7-14-26-22/h2-20,22,24H,21,23,25-26H2,1H3;2-9,12-13,15,17,21H,10-11,14,16,18-20H2,1H3;3-12,14,16H,13,15,17-19H2,1-2H3. The van der Waals surface area contributed by atoms with Gasteiger partial charge in [0.1, 0.15) is 19.8 Å². The van der Waals surface area contributed by atoms with Gasteiger partial charge in [-0.05, 0) is 143 Å². The third kappa shape index (κ3) is 24.6. The SMILES string of the molecule is COc1cc(CN(CCc2ccccn2)C(=O)CC2CC2)ccc1OCc1ccccc1.COc1cc(CN(CCc2ccccn2)C(=O)CSC)ccc1OCc1ccccc1.COc1cc(CN(CCc2ccccn2)C(=O)c2ccc(C(=O)c3ccccc3)cc2)ccc1OCc1ccccc1. The first-order valence-electron chi connectivity index (χ1n) is 35.3. The molecule has 11 aromatic rings. The van der Waals surface area contributed by atoms with Crippen molar-refractivity contribution in [2.24, 2.45) is 5.92 Å². The molecule has 3 amide bonds. The Labute approximate surface area is 621 Å². The molecule has 0 radical (unpaired) electrons. The highest BCUT2D eigenvalue weighted by atomic mass is 32.2. The second-order valence-electron chi connectivity index (χ2n) is 25.2. The normalized spacial score (nSPS) is 11.3. The number of pyridine rings is 3. The van der Waals surface area contributed by atoms with Crippen LogP contribution in [-0.2, 0) is 68.3 Å². The van der Waals surface area contributed by atoms with Crippen molar-refractivity contribution in [1.82, 2.24) is 29.7 Å². The molecular weight excluding hydrogens is 1330 g/mol. The molecule has 0 saturated heterocycles. The van der Waals surface area contributed by atoms with Gasteiger partial charge in [0.05, 0.1) is 27.1 Å². The Morgan fingerprint density at radius 3 is 1.08 bits per heavy atom. The van der Waals surface area contributed by atoms with Gasteiger partial charge < -0.3 is 43.1 Å². The van der Waals surface area contributed by atoms with E-state index in [2.05, 4.69) is 15.0 Å². The molecule has 16 nitrogen and oxygen atoms in total. The average molecular weight is 1420 g/mol. The summed E-state index contributed by atoms with van der Waals surface area (Å²) in [6, 6.07) is 81.0. The molecular formula is C88H90N6O10S. The lowest BCUT2D eigenvalue weighted by Gasteiger charge is -2.24. The predicted octanol–water partition coefficient (Wildman–Crippen LogP) is 16.4. The zero-order valence-electron chi connectivity index (χ0n) is 60.0. The van der Waals surface area contributed by atoms with Gasteiger partial charge in [0.15, 0.2) is 40.3 Å². The summed E-state index contributed by atoms with van der Waals surface area (Å²) in [5, 5.41) is 0. The van der Waals surface area contributed by atoms with Crippen molar-refractivity contribution >= 4 is 35.3 Å². The lowest BCUT2D eigenvalue weighted by Crippen LogP contribution is -2.34.